The third-order valence-electron chi connectivity index (χ3n) is 7.22. The molecule has 5 heterocycles. The number of rotatable bonds is 2. The van der Waals surface area contributed by atoms with Gasteiger partial charge in [-0.3, -0.25) is 4.79 Å². The van der Waals surface area contributed by atoms with Gasteiger partial charge in [-0.05, 0) is 30.0 Å². The maximum atomic E-state index is 12.8. The quantitative estimate of drug-likeness (QED) is 0.709. The summed E-state index contributed by atoms with van der Waals surface area (Å²) in [6.45, 7) is 5.07. The summed E-state index contributed by atoms with van der Waals surface area (Å²) in [7, 11) is 0. The minimum absolute atomic E-state index is 0.175. The average Bonchev–Trinajstić information content (AvgIpc) is 3.19. The Morgan fingerprint density at radius 3 is 2.79 bits per heavy atom. The molecular formula is C24H27N2O2S+. The Hall–Kier alpha value is -1.95. The van der Waals surface area contributed by atoms with Crippen LogP contribution < -0.4 is 10.5 Å². The number of likely N-dealkylation sites (tertiary alicyclic amines) is 1. The van der Waals surface area contributed by atoms with Crippen LogP contribution in [0.3, 0.4) is 0 Å². The molecule has 0 saturated carbocycles. The predicted molar refractivity (Wildman–Crippen MR) is 117 cm³/mol. The second-order valence-corrected chi connectivity index (χ2v) is 10.1. The van der Waals surface area contributed by atoms with E-state index in [1.54, 1.807) is 11.0 Å². The molecule has 2 fully saturated rings. The summed E-state index contributed by atoms with van der Waals surface area (Å²) < 4.78 is 9.03. The van der Waals surface area contributed by atoms with E-state index in [0.717, 1.165) is 32.3 Å². The van der Waals surface area contributed by atoms with Gasteiger partial charge in [0, 0.05) is 58.1 Å². The largest absolute Gasteiger partial charge is 0.381 e. The van der Waals surface area contributed by atoms with E-state index >= 15 is 0 Å². The molecule has 0 radical (unpaired) electrons. The third-order valence-corrected chi connectivity index (χ3v) is 8.37. The van der Waals surface area contributed by atoms with Gasteiger partial charge in [-0.25, -0.2) is 0 Å². The fourth-order valence-electron chi connectivity index (χ4n) is 5.93. The zero-order chi connectivity index (χ0) is 19.4. The molecule has 1 aromatic carbocycles. The summed E-state index contributed by atoms with van der Waals surface area (Å²) in [5, 5.41) is 1.30. The fraction of sp³-hybridized carbons (Fsp3) is 0.458. The average molecular weight is 408 g/mol. The summed E-state index contributed by atoms with van der Waals surface area (Å²) in [6.07, 6.45) is 3.59. The number of quaternary nitrogens is 1. The van der Waals surface area contributed by atoms with E-state index in [0.29, 0.717) is 11.8 Å². The van der Waals surface area contributed by atoms with E-state index in [2.05, 4.69) is 41.0 Å². The first-order chi connectivity index (χ1) is 14.3. The SMILES string of the molecule is O=c1ccc(-c2cc3ccccc3s2)c2n1C[C@H]1C[C@@H]2C[NH+](C2CCOCC2)C1. The van der Waals surface area contributed by atoms with E-state index < -0.39 is 0 Å². The molecule has 0 spiro atoms. The van der Waals surface area contributed by atoms with Gasteiger partial charge >= 0.3 is 0 Å². The standard InChI is InChI=1S/C24H26N2O2S/c27-23-6-5-20(22-12-17-3-1-2-4-21(17)29-22)24-18-11-16(14-26(23)24)13-25(15-18)19-7-9-28-10-8-19/h1-6,12,16,18-19H,7-11,13-15H2/p+1/t16-,18+/m0/s1. The number of ether oxygens (including phenoxy) is 1. The Kier molecular flexibility index (Phi) is 4.36. The van der Waals surface area contributed by atoms with Gasteiger partial charge in [0.1, 0.15) is 0 Å². The van der Waals surface area contributed by atoms with Gasteiger partial charge in [-0.2, -0.15) is 0 Å². The van der Waals surface area contributed by atoms with E-state index in [4.69, 9.17) is 4.74 Å². The first kappa shape index (κ1) is 17.9. The third kappa shape index (κ3) is 3.07. The Morgan fingerprint density at radius 1 is 1.07 bits per heavy atom. The molecule has 3 aromatic rings. The molecule has 3 aliphatic heterocycles. The zero-order valence-electron chi connectivity index (χ0n) is 16.6. The lowest BCUT2D eigenvalue weighted by molar-refractivity contribution is -0.937. The van der Waals surface area contributed by atoms with Crippen molar-refractivity contribution in [2.75, 3.05) is 26.3 Å². The molecule has 4 nitrogen and oxygen atoms in total. The van der Waals surface area contributed by atoms with E-state index in [1.807, 2.05) is 11.3 Å². The van der Waals surface area contributed by atoms with Crippen molar-refractivity contribution in [2.45, 2.75) is 37.8 Å². The van der Waals surface area contributed by atoms with Crippen molar-refractivity contribution in [2.24, 2.45) is 5.92 Å². The number of aromatic nitrogens is 1. The molecule has 0 aliphatic carbocycles. The van der Waals surface area contributed by atoms with Crippen LogP contribution in [-0.4, -0.2) is 36.9 Å². The van der Waals surface area contributed by atoms with Crippen molar-refractivity contribution in [3.63, 3.8) is 0 Å². The molecule has 1 unspecified atom stereocenters. The van der Waals surface area contributed by atoms with Gasteiger partial charge < -0.3 is 14.2 Å². The van der Waals surface area contributed by atoms with Crippen LogP contribution in [0.1, 0.15) is 30.9 Å². The van der Waals surface area contributed by atoms with Crippen molar-refractivity contribution in [1.29, 1.82) is 0 Å². The lowest BCUT2D eigenvalue weighted by atomic mass is 9.80. The van der Waals surface area contributed by atoms with Crippen LogP contribution in [0.25, 0.3) is 20.5 Å². The van der Waals surface area contributed by atoms with E-state index in [9.17, 15) is 4.79 Å². The predicted octanol–water partition coefficient (Wildman–Crippen LogP) is 2.91. The van der Waals surface area contributed by atoms with E-state index in [1.165, 1.54) is 52.0 Å². The smallest absolute Gasteiger partial charge is 0.250 e. The first-order valence-corrected chi connectivity index (χ1v) is 11.7. The maximum Gasteiger partial charge on any atom is 0.250 e. The molecule has 150 valence electrons. The highest BCUT2D eigenvalue weighted by Gasteiger charge is 2.41. The molecule has 0 amide bonds. The van der Waals surface area contributed by atoms with Crippen LogP contribution in [0.2, 0.25) is 0 Å². The topological polar surface area (TPSA) is 35.7 Å². The van der Waals surface area contributed by atoms with Crippen molar-refractivity contribution in [3.05, 3.63) is 58.5 Å². The molecular weight excluding hydrogens is 380 g/mol. The highest BCUT2D eigenvalue weighted by molar-refractivity contribution is 7.22. The number of nitrogens with one attached hydrogen (secondary N) is 1. The lowest BCUT2D eigenvalue weighted by Crippen LogP contribution is -3.18. The molecule has 3 aliphatic rings. The molecule has 2 bridgehead atoms. The number of fused-ring (bicyclic) bond motifs is 5. The zero-order valence-corrected chi connectivity index (χ0v) is 17.4. The number of thiophene rings is 1. The molecule has 3 atom stereocenters. The monoisotopic (exact) mass is 407 g/mol. The van der Waals surface area contributed by atoms with Crippen LogP contribution >= 0.6 is 11.3 Å². The van der Waals surface area contributed by atoms with Crippen LogP contribution in [-0.2, 0) is 11.3 Å². The van der Waals surface area contributed by atoms with Gasteiger partial charge in [0.2, 0.25) is 0 Å². The van der Waals surface area contributed by atoms with E-state index in [-0.39, 0.29) is 5.56 Å². The minimum atomic E-state index is 0.175. The number of hydrogen-bond acceptors (Lipinski definition) is 3. The van der Waals surface area contributed by atoms with Gasteiger partial charge in [0.05, 0.1) is 32.3 Å². The normalized spacial score (nSPS) is 27.1. The van der Waals surface area contributed by atoms with Gasteiger partial charge in [0.15, 0.2) is 0 Å². The van der Waals surface area contributed by atoms with Crippen molar-refractivity contribution in [1.82, 2.24) is 4.57 Å². The Labute approximate surface area is 174 Å². The van der Waals surface area contributed by atoms with Gasteiger partial charge in [0.25, 0.3) is 5.56 Å². The lowest BCUT2D eigenvalue weighted by Gasteiger charge is -2.44. The Morgan fingerprint density at radius 2 is 1.93 bits per heavy atom. The minimum Gasteiger partial charge on any atom is -0.381 e. The summed E-state index contributed by atoms with van der Waals surface area (Å²) in [6, 6.07) is 15.5. The number of pyridine rings is 1. The highest BCUT2D eigenvalue weighted by Crippen LogP contribution is 2.40. The second kappa shape index (κ2) is 7.08. The van der Waals surface area contributed by atoms with Crippen LogP contribution in [0.5, 0.6) is 0 Å². The number of benzene rings is 1. The van der Waals surface area contributed by atoms with Crippen LogP contribution in [0, 0.1) is 5.92 Å². The molecule has 2 saturated heterocycles. The fourth-order valence-corrected chi connectivity index (χ4v) is 7.03. The van der Waals surface area contributed by atoms with Crippen LogP contribution in [0.4, 0.5) is 0 Å². The molecule has 5 heteroatoms. The summed E-state index contributed by atoms with van der Waals surface area (Å²) in [5.41, 5.74) is 2.75. The number of hydrogen-bond donors (Lipinski definition) is 1. The second-order valence-electron chi connectivity index (χ2n) is 8.98. The van der Waals surface area contributed by atoms with Gasteiger partial charge in [-0.1, -0.05) is 18.2 Å². The molecule has 1 N–H and O–H groups in total. The number of piperidine rings is 1. The Bertz CT molecular complexity index is 1080. The summed E-state index contributed by atoms with van der Waals surface area (Å²) in [5.74, 6) is 1.10. The van der Waals surface area contributed by atoms with Crippen molar-refractivity contribution in [3.8, 4) is 10.4 Å². The highest BCUT2D eigenvalue weighted by atomic mass is 32.1. The molecule has 6 rings (SSSR count). The summed E-state index contributed by atoms with van der Waals surface area (Å²) >= 11 is 1.85. The van der Waals surface area contributed by atoms with Crippen LogP contribution in [0.15, 0.2) is 47.3 Å². The molecule has 2 aromatic heterocycles. The molecule has 29 heavy (non-hydrogen) atoms. The van der Waals surface area contributed by atoms with Crippen molar-refractivity contribution >= 4 is 21.4 Å². The maximum absolute atomic E-state index is 12.8. The Balaban J connectivity index is 1.42. The first-order valence-electron chi connectivity index (χ1n) is 10.9. The number of nitrogens with zero attached hydrogens (tertiary/aromatic N) is 1. The van der Waals surface area contributed by atoms with Gasteiger partial charge in [-0.15, -0.1) is 11.3 Å². The summed E-state index contributed by atoms with van der Waals surface area (Å²) in [4.78, 5) is 15.8. The van der Waals surface area contributed by atoms with Crippen molar-refractivity contribution < 1.29 is 9.64 Å².